The molecule has 0 atom stereocenters. The monoisotopic (exact) mass is 362 g/mol. The molecule has 0 spiro atoms. The summed E-state index contributed by atoms with van der Waals surface area (Å²) in [6.45, 7) is 6.23. The summed E-state index contributed by atoms with van der Waals surface area (Å²) in [5, 5.41) is 10.1. The first-order chi connectivity index (χ1) is 12.0. The van der Waals surface area contributed by atoms with Gasteiger partial charge in [0.15, 0.2) is 0 Å². The molecule has 2 aromatic rings. The second kappa shape index (κ2) is 9.22. The van der Waals surface area contributed by atoms with E-state index in [1.807, 2.05) is 26.8 Å². The molecule has 0 saturated heterocycles. The predicted molar refractivity (Wildman–Crippen MR) is 95.2 cm³/mol. The summed E-state index contributed by atoms with van der Waals surface area (Å²) in [4.78, 5) is 28.1. The van der Waals surface area contributed by atoms with Gasteiger partial charge >= 0.3 is 0 Å². The summed E-state index contributed by atoms with van der Waals surface area (Å²) < 4.78 is 5.03. The fourth-order valence-corrected chi connectivity index (χ4v) is 2.84. The van der Waals surface area contributed by atoms with Crippen molar-refractivity contribution in [2.45, 2.75) is 31.6 Å². The average molecular weight is 362 g/mol. The number of amides is 2. The van der Waals surface area contributed by atoms with Crippen LogP contribution in [0.4, 0.5) is 0 Å². The van der Waals surface area contributed by atoms with Gasteiger partial charge < -0.3 is 15.2 Å². The molecule has 8 heteroatoms. The van der Waals surface area contributed by atoms with Crippen LogP contribution in [-0.4, -0.2) is 35.0 Å². The van der Waals surface area contributed by atoms with Crippen LogP contribution in [0, 0.1) is 12.8 Å². The molecule has 2 aromatic heterocycles. The average Bonchev–Trinajstić information content (AvgIpc) is 3.02. The molecular weight excluding hydrogens is 340 g/mol. The zero-order valence-electron chi connectivity index (χ0n) is 14.5. The maximum atomic E-state index is 12.3. The third kappa shape index (κ3) is 5.90. The molecular formula is C17H22N4O3S. The van der Waals surface area contributed by atoms with Gasteiger partial charge in [0.1, 0.15) is 10.8 Å². The highest BCUT2D eigenvalue weighted by molar-refractivity contribution is 7.98. The lowest BCUT2D eigenvalue weighted by atomic mass is 10.2. The van der Waals surface area contributed by atoms with E-state index in [1.54, 1.807) is 18.3 Å². The van der Waals surface area contributed by atoms with E-state index >= 15 is 0 Å². The smallest absolute Gasteiger partial charge is 0.254 e. The third-order valence-electron chi connectivity index (χ3n) is 3.28. The summed E-state index contributed by atoms with van der Waals surface area (Å²) >= 11 is 1.43. The fourth-order valence-electron chi connectivity index (χ4n) is 1.97. The lowest BCUT2D eigenvalue weighted by Gasteiger charge is -2.10. The van der Waals surface area contributed by atoms with E-state index in [0.717, 1.165) is 11.5 Å². The Hall–Kier alpha value is -2.35. The van der Waals surface area contributed by atoms with E-state index in [2.05, 4.69) is 20.8 Å². The molecule has 0 saturated carbocycles. The fraction of sp³-hybridized carbons (Fsp3) is 0.412. The van der Waals surface area contributed by atoms with E-state index in [4.69, 9.17) is 4.52 Å². The Labute approximate surface area is 151 Å². The summed E-state index contributed by atoms with van der Waals surface area (Å²) in [6.07, 6.45) is 1.65. The maximum absolute atomic E-state index is 12.3. The van der Waals surface area contributed by atoms with Gasteiger partial charge in [0.25, 0.3) is 5.91 Å². The minimum atomic E-state index is -0.217. The van der Waals surface area contributed by atoms with Crippen LogP contribution in [-0.2, 0) is 10.5 Å². The van der Waals surface area contributed by atoms with Crippen molar-refractivity contribution in [1.82, 2.24) is 20.8 Å². The van der Waals surface area contributed by atoms with Gasteiger partial charge in [-0.25, -0.2) is 4.98 Å². The molecule has 7 nitrogen and oxygen atoms in total. The summed E-state index contributed by atoms with van der Waals surface area (Å²) in [6, 6.07) is 5.30. The first-order valence-corrected chi connectivity index (χ1v) is 9.02. The van der Waals surface area contributed by atoms with Gasteiger partial charge in [-0.1, -0.05) is 30.8 Å². The molecule has 0 aliphatic rings. The van der Waals surface area contributed by atoms with Crippen molar-refractivity contribution in [2.24, 2.45) is 5.92 Å². The Bertz CT molecular complexity index is 730. The molecule has 0 aliphatic carbocycles. The van der Waals surface area contributed by atoms with Gasteiger partial charge in [0.2, 0.25) is 5.91 Å². The predicted octanol–water partition coefficient (Wildman–Crippen LogP) is 2.17. The number of carbonyl (C=O) groups excluding carboxylic acids is 2. The van der Waals surface area contributed by atoms with Crippen molar-refractivity contribution in [3.63, 3.8) is 0 Å². The van der Waals surface area contributed by atoms with Crippen molar-refractivity contribution < 1.29 is 14.1 Å². The van der Waals surface area contributed by atoms with Crippen molar-refractivity contribution in [2.75, 3.05) is 13.1 Å². The van der Waals surface area contributed by atoms with Crippen LogP contribution in [0.5, 0.6) is 0 Å². The van der Waals surface area contributed by atoms with Crippen LogP contribution in [0.1, 0.15) is 35.7 Å². The highest BCUT2D eigenvalue weighted by Gasteiger charge is 2.13. The Balaban J connectivity index is 1.88. The number of hydrogen-bond acceptors (Lipinski definition) is 6. The number of aromatic nitrogens is 2. The maximum Gasteiger partial charge on any atom is 0.254 e. The third-order valence-corrected chi connectivity index (χ3v) is 4.32. The second-order valence-electron chi connectivity index (χ2n) is 5.78. The molecule has 0 unspecified atom stereocenters. The van der Waals surface area contributed by atoms with Gasteiger partial charge in [-0.2, -0.15) is 0 Å². The lowest BCUT2D eigenvalue weighted by Crippen LogP contribution is -2.36. The van der Waals surface area contributed by atoms with Crippen molar-refractivity contribution >= 4 is 23.6 Å². The number of pyridine rings is 1. The van der Waals surface area contributed by atoms with Crippen LogP contribution < -0.4 is 10.6 Å². The minimum absolute atomic E-state index is 0.0326. The summed E-state index contributed by atoms with van der Waals surface area (Å²) in [5.41, 5.74) is 1.30. The van der Waals surface area contributed by atoms with Gasteiger partial charge in [-0.15, -0.1) is 0 Å². The summed E-state index contributed by atoms with van der Waals surface area (Å²) in [5.74, 6) is 0.995. The number of carbonyl (C=O) groups is 2. The van der Waals surface area contributed by atoms with Crippen LogP contribution in [0.25, 0.3) is 0 Å². The number of rotatable bonds is 8. The normalized spacial score (nSPS) is 10.7. The number of nitrogens with zero attached hydrogens (tertiary/aromatic N) is 2. The van der Waals surface area contributed by atoms with Crippen LogP contribution in [0.15, 0.2) is 33.9 Å². The highest BCUT2D eigenvalue weighted by Crippen LogP contribution is 2.23. The Morgan fingerprint density at radius 3 is 2.72 bits per heavy atom. The molecule has 2 rings (SSSR count). The van der Waals surface area contributed by atoms with Crippen LogP contribution >= 0.6 is 11.8 Å². The van der Waals surface area contributed by atoms with E-state index in [1.165, 1.54) is 11.8 Å². The topological polar surface area (TPSA) is 97.1 Å². The van der Waals surface area contributed by atoms with Crippen molar-refractivity contribution in [1.29, 1.82) is 0 Å². The van der Waals surface area contributed by atoms with Crippen molar-refractivity contribution in [3.8, 4) is 0 Å². The molecule has 0 aliphatic heterocycles. The van der Waals surface area contributed by atoms with Gasteiger partial charge in [-0.3, -0.25) is 9.59 Å². The van der Waals surface area contributed by atoms with Gasteiger partial charge in [0.05, 0.1) is 11.3 Å². The number of aryl methyl sites for hydroxylation is 1. The van der Waals surface area contributed by atoms with Crippen molar-refractivity contribution in [3.05, 3.63) is 41.4 Å². The molecule has 2 N–H and O–H groups in total. The lowest BCUT2D eigenvalue weighted by molar-refractivity contribution is -0.123. The first-order valence-electron chi connectivity index (χ1n) is 8.03. The minimum Gasteiger partial charge on any atom is -0.361 e. The SMILES string of the molecule is Cc1cc(CSc2ncccc2C(=O)NCCNC(=O)C(C)C)no1. The number of nitrogens with one attached hydrogen (secondary N) is 2. The highest BCUT2D eigenvalue weighted by atomic mass is 32.2. The second-order valence-corrected chi connectivity index (χ2v) is 6.74. The van der Waals surface area contributed by atoms with Gasteiger partial charge in [-0.05, 0) is 19.1 Å². The van der Waals surface area contributed by atoms with E-state index < -0.39 is 0 Å². The van der Waals surface area contributed by atoms with E-state index in [-0.39, 0.29) is 17.7 Å². The molecule has 25 heavy (non-hydrogen) atoms. The van der Waals surface area contributed by atoms with Crippen LogP contribution in [0.2, 0.25) is 0 Å². The molecule has 0 fully saturated rings. The largest absolute Gasteiger partial charge is 0.361 e. The molecule has 0 aromatic carbocycles. The molecule has 2 heterocycles. The first kappa shape index (κ1) is 19.0. The molecule has 134 valence electrons. The van der Waals surface area contributed by atoms with E-state index in [9.17, 15) is 9.59 Å². The zero-order chi connectivity index (χ0) is 18.2. The Morgan fingerprint density at radius 2 is 2.04 bits per heavy atom. The molecule has 0 radical (unpaired) electrons. The standard InChI is InChI=1S/C17H22N4O3S/c1-11(2)15(22)18-7-8-19-16(23)14-5-4-6-20-17(14)25-10-13-9-12(3)24-21-13/h4-6,9,11H,7-8,10H2,1-3H3,(H,18,22)(H,19,23). The quantitative estimate of drug-likeness (QED) is 0.552. The van der Waals surface area contributed by atoms with E-state index in [0.29, 0.717) is 29.4 Å². The Kier molecular flexibility index (Phi) is 7.00. The van der Waals surface area contributed by atoms with Crippen LogP contribution in [0.3, 0.4) is 0 Å². The molecule has 0 bridgehead atoms. The van der Waals surface area contributed by atoms with Gasteiger partial charge in [0, 0.05) is 37.0 Å². The molecule has 2 amide bonds. The number of hydrogen-bond donors (Lipinski definition) is 2. The Morgan fingerprint density at radius 1 is 1.28 bits per heavy atom. The summed E-state index contributed by atoms with van der Waals surface area (Å²) in [7, 11) is 0. The number of thioether (sulfide) groups is 1. The zero-order valence-corrected chi connectivity index (χ0v) is 15.4.